The monoisotopic (exact) mass is 372 g/mol. The van der Waals surface area contributed by atoms with Crippen molar-refractivity contribution in [2.75, 3.05) is 0 Å². The summed E-state index contributed by atoms with van der Waals surface area (Å²) in [4.78, 5) is 23.1. The van der Waals surface area contributed by atoms with Crippen LogP contribution in [0.3, 0.4) is 0 Å². The molecule has 0 radical (unpaired) electrons. The summed E-state index contributed by atoms with van der Waals surface area (Å²) in [5.41, 5.74) is 0.795. The topological polar surface area (TPSA) is 54.4 Å². The zero-order valence-corrected chi connectivity index (χ0v) is 12.8. The van der Waals surface area contributed by atoms with Gasteiger partial charge in [0.2, 0.25) is 0 Å². The summed E-state index contributed by atoms with van der Waals surface area (Å²) in [7, 11) is 0. The predicted octanol–water partition coefficient (Wildman–Crippen LogP) is 3.76. The van der Waals surface area contributed by atoms with Crippen LogP contribution in [0.5, 0.6) is 0 Å². The molecule has 0 bridgehead atoms. The Morgan fingerprint density at radius 3 is 2.37 bits per heavy atom. The molecular weight excluding hydrogens is 355 g/mol. The smallest absolute Gasteiger partial charge is 0.306 e. The first kappa shape index (κ1) is 14.5. The highest BCUT2D eigenvalue weighted by Gasteiger charge is 2.27. The summed E-state index contributed by atoms with van der Waals surface area (Å²) < 4.78 is 0.990. The average molecular weight is 372 g/mol. The van der Waals surface area contributed by atoms with Crippen LogP contribution in [-0.4, -0.2) is 16.9 Å². The van der Waals surface area contributed by atoms with Crippen molar-refractivity contribution >= 4 is 34.3 Å². The SMILES string of the molecule is O=C(CC1CCC(C(=O)O)CC1)c1ccccc1I. The fourth-order valence-corrected chi connectivity index (χ4v) is 3.36. The number of halogens is 1. The van der Waals surface area contributed by atoms with Gasteiger partial charge in [0.25, 0.3) is 0 Å². The molecule has 1 saturated carbocycles. The molecular formula is C15H17IO3. The third-order valence-electron chi connectivity index (χ3n) is 3.84. The summed E-state index contributed by atoms with van der Waals surface area (Å²) in [5, 5.41) is 8.95. The first-order valence-electron chi connectivity index (χ1n) is 6.58. The van der Waals surface area contributed by atoms with E-state index in [1.807, 2.05) is 24.3 Å². The number of hydrogen-bond donors (Lipinski definition) is 1. The van der Waals surface area contributed by atoms with Crippen LogP contribution in [0.4, 0.5) is 0 Å². The van der Waals surface area contributed by atoms with Crippen molar-refractivity contribution in [3.05, 3.63) is 33.4 Å². The molecule has 0 unspecified atom stereocenters. The van der Waals surface area contributed by atoms with E-state index in [9.17, 15) is 9.59 Å². The molecule has 0 spiro atoms. The number of carbonyl (C=O) groups excluding carboxylic acids is 1. The summed E-state index contributed by atoms with van der Waals surface area (Å²) in [6.45, 7) is 0. The molecule has 0 aromatic heterocycles. The Morgan fingerprint density at radius 1 is 1.16 bits per heavy atom. The zero-order chi connectivity index (χ0) is 13.8. The lowest BCUT2D eigenvalue weighted by molar-refractivity contribution is -0.143. The molecule has 102 valence electrons. The van der Waals surface area contributed by atoms with Crippen LogP contribution in [0, 0.1) is 15.4 Å². The minimum absolute atomic E-state index is 0.184. The number of carbonyl (C=O) groups is 2. The van der Waals surface area contributed by atoms with E-state index in [4.69, 9.17) is 5.11 Å². The zero-order valence-electron chi connectivity index (χ0n) is 10.6. The van der Waals surface area contributed by atoms with Crippen LogP contribution < -0.4 is 0 Å². The molecule has 2 rings (SSSR count). The molecule has 0 heterocycles. The maximum absolute atomic E-state index is 12.2. The van der Waals surface area contributed by atoms with Gasteiger partial charge in [0.1, 0.15) is 0 Å². The highest BCUT2D eigenvalue weighted by molar-refractivity contribution is 14.1. The first-order chi connectivity index (χ1) is 9.08. The van der Waals surface area contributed by atoms with Gasteiger partial charge < -0.3 is 5.11 Å². The van der Waals surface area contributed by atoms with Crippen molar-refractivity contribution in [3.63, 3.8) is 0 Å². The standard InChI is InChI=1S/C15H17IO3/c16-13-4-2-1-3-12(13)14(17)9-10-5-7-11(8-6-10)15(18)19/h1-4,10-11H,5-9H2,(H,18,19). The molecule has 1 aliphatic rings. The van der Waals surface area contributed by atoms with Crippen LogP contribution >= 0.6 is 22.6 Å². The van der Waals surface area contributed by atoms with Crippen molar-refractivity contribution in [3.8, 4) is 0 Å². The number of ketones is 1. The van der Waals surface area contributed by atoms with Crippen LogP contribution in [0.2, 0.25) is 0 Å². The molecule has 0 atom stereocenters. The van der Waals surface area contributed by atoms with Crippen LogP contribution in [0.15, 0.2) is 24.3 Å². The van der Waals surface area contributed by atoms with Gasteiger partial charge in [0, 0.05) is 15.6 Å². The third kappa shape index (κ3) is 3.78. The molecule has 19 heavy (non-hydrogen) atoms. The summed E-state index contributed by atoms with van der Waals surface area (Å²) in [6, 6.07) is 7.62. The Kier molecular flexibility index (Phi) is 4.96. The lowest BCUT2D eigenvalue weighted by atomic mass is 9.79. The Hall–Kier alpha value is -0.910. The second-order valence-electron chi connectivity index (χ2n) is 5.16. The molecule has 1 aromatic carbocycles. The van der Waals surface area contributed by atoms with Crippen molar-refractivity contribution in [1.29, 1.82) is 0 Å². The Bertz CT molecular complexity index is 476. The van der Waals surface area contributed by atoms with E-state index in [0.717, 1.165) is 22.0 Å². The molecule has 1 aliphatic carbocycles. The van der Waals surface area contributed by atoms with E-state index in [0.29, 0.717) is 25.2 Å². The average Bonchev–Trinajstić information content (AvgIpc) is 2.39. The van der Waals surface area contributed by atoms with Gasteiger partial charge in [-0.2, -0.15) is 0 Å². The molecule has 1 N–H and O–H groups in total. The molecule has 3 nitrogen and oxygen atoms in total. The Balaban J connectivity index is 1.91. The van der Waals surface area contributed by atoms with Gasteiger partial charge in [-0.25, -0.2) is 0 Å². The van der Waals surface area contributed by atoms with Crippen molar-refractivity contribution in [2.24, 2.45) is 11.8 Å². The number of benzene rings is 1. The largest absolute Gasteiger partial charge is 0.481 e. The van der Waals surface area contributed by atoms with Gasteiger partial charge in [-0.3, -0.25) is 9.59 Å². The third-order valence-corrected chi connectivity index (χ3v) is 4.79. The summed E-state index contributed by atoms with van der Waals surface area (Å²) in [6.07, 6.45) is 3.67. The fourth-order valence-electron chi connectivity index (χ4n) is 2.67. The predicted molar refractivity (Wildman–Crippen MR) is 81.2 cm³/mol. The lowest BCUT2D eigenvalue weighted by Gasteiger charge is -2.25. The number of carboxylic acid groups (broad SMARTS) is 1. The molecule has 0 saturated heterocycles. The molecule has 0 amide bonds. The number of rotatable bonds is 4. The minimum atomic E-state index is -0.692. The fraction of sp³-hybridized carbons (Fsp3) is 0.467. The summed E-state index contributed by atoms with van der Waals surface area (Å²) in [5.74, 6) is -0.367. The molecule has 1 aromatic rings. The Morgan fingerprint density at radius 2 is 1.79 bits per heavy atom. The number of hydrogen-bond acceptors (Lipinski definition) is 2. The van der Waals surface area contributed by atoms with Gasteiger partial charge in [-0.1, -0.05) is 18.2 Å². The van der Waals surface area contributed by atoms with Crippen molar-refractivity contribution in [1.82, 2.24) is 0 Å². The van der Waals surface area contributed by atoms with Gasteiger partial charge in [0.15, 0.2) is 5.78 Å². The highest BCUT2D eigenvalue weighted by Crippen LogP contribution is 2.32. The van der Waals surface area contributed by atoms with Gasteiger partial charge in [-0.05, 0) is 60.3 Å². The maximum Gasteiger partial charge on any atom is 0.306 e. The van der Waals surface area contributed by atoms with E-state index < -0.39 is 5.97 Å². The number of aliphatic carboxylic acids is 1. The van der Waals surface area contributed by atoms with Crippen LogP contribution in [0.25, 0.3) is 0 Å². The number of Topliss-reactive ketones (excluding diaryl/α,β-unsaturated/α-hetero) is 1. The van der Waals surface area contributed by atoms with E-state index in [1.165, 1.54) is 0 Å². The highest BCUT2D eigenvalue weighted by atomic mass is 127. The van der Waals surface area contributed by atoms with E-state index in [2.05, 4.69) is 22.6 Å². The summed E-state index contributed by atoms with van der Waals surface area (Å²) >= 11 is 2.18. The van der Waals surface area contributed by atoms with E-state index in [1.54, 1.807) is 0 Å². The number of carboxylic acids is 1. The maximum atomic E-state index is 12.2. The second-order valence-corrected chi connectivity index (χ2v) is 6.33. The van der Waals surface area contributed by atoms with Crippen LogP contribution in [-0.2, 0) is 4.79 Å². The second kappa shape index (κ2) is 6.50. The quantitative estimate of drug-likeness (QED) is 0.647. The minimum Gasteiger partial charge on any atom is -0.481 e. The van der Waals surface area contributed by atoms with Crippen molar-refractivity contribution < 1.29 is 14.7 Å². The van der Waals surface area contributed by atoms with Gasteiger partial charge >= 0.3 is 5.97 Å². The normalized spacial score (nSPS) is 23.0. The Labute approximate surface area is 126 Å². The molecule has 4 heteroatoms. The van der Waals surface area contributed by atoms with Crippen molar-refractivity contribution in [2.45, 2.75) is 32.1 Å². The van der Waals surface area contributed by atoms with Crippen LogP contribution in [0.1, 0.15) is 42.5 Å². The molecule has 1 fully saturated rings. The van der Waals surface area contributed by atoms with E-state index in [-0.39, 0.29) is 11.7 Å². The molecule has 0 aliphatic heterocycles. The van der Waals surface area contributed by atoms with Gasteiger partial charge in [-0.15, -0.1) is 0 Å². The lowest BCUT2D eigenvalue weighted by Crippen LogP contribution is -2.23. The van der Waals surface area contributed by atoms with Gasteiger partial charge in [0.05, 0.1) is 5.92 Å². The first-order valence-corrected chi connectivity index (χ1v) is 7.66. The van der Waals surface area contributed by atoms with E-state index >= 15 is 0 Å².